The third-order valence-corrected chi connectivity index (χ3v) is 8.10. The van der Waals surface area contributed by atoms with Crippen LogP contribution in [-0.2, 0) is 23.9 Å². The summed E-state index contributed by atoms with van der Waals surface area (Å²) in [5, 5.41) is 2.85. The average Bonchev–Trinajstić information content (AvgIpc) is 3.59. The van der Waals surface area contributed by atoms with Crippen molar-refractivity contribution in [1.29, 1.82) is 0 Å². The fraction of sp³-hybridized carbons (Fsp3) is 0.214. The molecule has 0 bridgehead atoms. The molecule has 0 saturated heterocycles. The maximum atomic E-state index is 13.8. The molecule has 202 valence electrons. The minimum absolute atomic E-state index is 0.0263. The Morgan fingerprint density at radius 1 is 1.05 bits per heavy atom. The van der Waals surface area contributed by atoms with E-state index in [1.165, 1.54) is 11.2 Å². The first-order valence-electron chi connectivity index (χ1n) is 11.9. The van der Waals surface area contributed by atoms with Crippen molar-refractivity contribution in [1.82, 2.24) is 9.80 Å². The molecule has 3 heterocycles. The lowest BCUT2D eigenvalue weighted by atomic mass is 9.93. The number of nitrogens with zero attached hydrogens (tertiary/aromatic N) is 2. The first-order valence-corrected chi connectivity index (χ1v) is 13.5. The Balaban J connectivity index is 1.45. The van der Waals surface area contributed by atoms with Crippen LogP contribution in [0.1, 0.15) is 43.7 Å². The van der Waals surface area contributed by atoms with Gasteiger partial charge >= 0.3 is 6.18 Å². The van der Waals surface area contributed by atoms with Crippen molar-refractivity contribution in [3.63, 3.8) is 0 Å². The standard InChI is InChI=1S/C28H21Cl2F3N2O3S/c29-19-7-8-21(23(30)14-19)26-22-10-13-39-24(22)9-11-35(26)25(36)16-34(15-20-2-1-12-38-20)27(37)17-3-5-18(6-4-17)28(31,32)33/h1-8,10,12-14,26H,9,11,15-16H2. The number of carbonyl (C=O) groups is 2. The fourth-order valence-corrected chi connectivity index (χ4v) is 6.09. The van der Waals surface area contributed by atoms with E-state index in [4.69, 9.17) is 27.6 Å². The number of furan rings is 1. The minimum atomic E-state index is -4.53. The van der Waals surface area contributed by atoms with Gasteiger partial charge in [-0.2, -0.15) is 13.2 Å². The van der Waals surface area contributed by atoms with Crippen LogP contribution in [0.25, 0.3) is 0 Å². The molecule has 0 fully saturated rings. The van der Waals surface area contributed by atoms with Crippen LogP contribution in [-0.4, -0.2) is 34.7 Å². The summed E-state index contributed by atoms with van der Waals surface area (Å²) < 4.78 is 44.5. The first-order chi connectivity index (χ1) is 18.6. The highest BCUT2D eigenvalue weighted by Gasteiger charge is 2.36. The Morgan fingerprint density at radius 3 is 2.49 bits per heavy atom. The van der Waals surface area contributed by atoms with Crippen molar-refractivity contribution in [2.45, 2.75) is 25.2 Å². The van der Waals surface area contributed by atoms with Crippen LogP contribution in [0.3, 0.4) is 0 Å². The van der Waals surface area contributed by atoms with Crippen molar-refractivity contribution >= 4 is 46.4 Å². The first kappa shape index (κ1) is 27.3. The zero-order valence-electron chi connectivity index (χ0n) is 20.3. The van der Waals surface area contributed by atoms with Gasteiger partial charge in [-0.3, -0.25) is 9.59 Å². The summed E-state index contributed by atoms with van der Waals surface area (Å²) in [6.45, 7) is 0.0449. The number of hydrogen-bond donors (Lipinski definition) is 0. The summed E-state index contributed by atoms with van der Waals surface area (Å²) >= 11 is 14.3. The minimum Gasteiger partial charge on any atom is -0.467 e. The second-order valence-corrected chi connectivity index (χ2v) is 10.9. The van der Waals surface area contributed by atoms with Crippen LogP contribution in [0.5, 0.6) is 0 Å². The van der Waals surface area contributed by atoms with E-state index in [0.29, 0.717) is 34.3 Å². The molecule has 11 heteroatoms. The van der Waals surface area contributed by atoms with Crippen LogP contribution in [0.15, 0.2) is 76.7 Å². The number of rotatable bonds is 6. The number of thiophene rings is 1. The summed E-state index contributed by atoms with van der Waals surface area (Å²) in [4.78, 5) is 31.4. The predicted octanol–water partition coefficient (Wildman–Crippen LogP) is 7.48. The van der Waals surface area contributed by atoms with Crippen molar-refractivity contribution in [2.24, 2.45) is 0 Å². The third-order valence-electron chi connectivity index (χ3n) is 6.54. The van der Waals surface area contributed by atoms with Gasteiger partial charge in [0.1, 0.15) is 12.3 Å². The summed E-state index contributed by atoms with van der Waals surface area (Å²) in [7, 11) is 0. The molecule has 1 aliphatic heterocycles. The molecule has 0 spiro atoms. The number of carbonyl (C=O) groups excluding carboxylic acids is 2. The molecular formula is C28H21Cl2F3N2O3S. The number of alkyl halides is 3. The van der Waals surface area contributed by atoms with Gasteiger partial charge in [-0.25, -0.2) is 0 Å². The molecule has 2 amide bonds. The Bertz CT molecular complexity index is 1490. The summed E-state index contributed by atoms with van der Waals surface area (Å²) in [6, 6.07) is 13.8. The van der Waals surface area contributed by atoms with E-state index < -0.39 is 23.7 Å². The highest BCUT2D eigenvalue weighted by atomic mass is 35.5. The number of benzene rings is 2. The van der Waals surface area contributed by atoms with E-state index in [1.807, 2.05) is 11.4 Å². The lowest BCUT2D eigenvalue weighted by Gasteiger charge is -2.38. The van der Waals surface area contributed by atoms with Gasteiger partial charge in [0.15, 0.2) is 0 Å². The molecule has 1 unspecified atom stereocenters. The summed E-state index contributed by atoms with van der Waals surface area (Å²) in [5.41, 5.74) is 0.824. The number of hydrogen-bond acceptors (Lipinski definition) is 4. The Kier molecular flexibility index (Phi) is 7.75. The van der Waals surface area contributed by atoms with E-state index in [9.17, 15) is 22.8 Å². The highest BCUT2D eigenvalue weighted by molar-refractivity contribution is 7.10. The van der Waals surface area contributed by atoms with E-state index in [0.717, 1.165) is 34.7 Å². The van der Waals surface area contributed by atoms with Crippen molar-refractivity contribution in [2.75, 3.05) is 13.1 Å². The molecule has 0 saturated carbocycles. The van der Waals surface area contributed by atoms with Crippen LogP contribution < -0.4 is 0 Å². The molecule has 0 radical (unpaired) electrons. The second-order valence-electron chi connectivity index (χ2n) is 9.02. The summed E-state index contributed by atoms with van der Waals surface area (Å²) in [6.07, 6.45) is -2.44. The van der Waals surface area contributed by atoms with Gasteiger partial charge < -0.3 is 14.2 Å². The normalized spacial score (nSPS) is 15.2. The molecule has 5 nitrogen and oxygen atoms in total. The topological polar surface area (TPSA) is 53.8 Å². The van der Waals surface area contributed by atoms with Crippen LogP contribution >= 0.6 is 34.5 Å². The SMILES string of the molecule is O=C(c1ccc(C(F)(F)F)cc1)N(CC(=O)N1CCc2sccc2C1c1ccc(Cl)cc1Cl)Cc1ccco1. The number of halogens is 5. The van der Waals surface area contributed by atoms with Gasteiger partial charge in [0.2, 0.25) is 5.91 Å². The Hall–Kier alpha value is -3.27. The van der Waals surface area contributed by atoms with Gasteiger partial charge in [-0.05, 0) is 77.5 Å². The molecule has 4 aromatic rings. The molecule has 0 N–H and O–H groups in total. The zero-order chi connectivity index (χ0) is 27.7. The van der Waals surface area contributed by atoms with Crippen LogP contribution in [0.2, 0.25) is 10.0 Å². The molecule has 39 heavy (non-hydrogen) atoms. The Morgan fingerprint density at radius 2 is 1.82 bits per heavy atom. The maximum absolute atomic E-state index is 13.8. The van der Waals surface area contributed by atoms with Gasteiger partial charge in [0.05, 0.1) is 24.4 Å². The van der Waals surface area contributed by atoms with Crippen molar-refractivity contribution in [3.8, 4) is 0 Å². The molecule has 2 aromatic carbocycles. The maximum Gasteiger partial charge on any atom is 0.416 e. The molecule has 0 aliphatic carbocycles. The lowest BCUT2D eigenvalue weighted by molar-refractivity contribution is -0.137. The van der Waals surface area contributed by atoms with E-state index in [1.54, 1.807) is 46.6 Å². The molecule has 2 aromatic heterocycles. The average molecular weight is 593 g/mol. The predicted molar refractivity (Wildman–Crippen MR) is 143 cm³/mol. The number of fused-ring (bicyclic) bond motifs is 1. The molecule has 5 rings (SSSR count). The smallest absolute Gasteiger partial charge is 0.416 e. The highest BCUT2D eigenvalue weighted by Crippen LogP contribution is 2.41. The quantitative estimate of drug-likeness (QED) is 0.233. The lowest BCUT2D eigenvalue weighted by Crippen LogP contribution is -2.46. The van der Waals surface area contributed by atoms with Crippen LogP contribution in [0, 0.1) is 0 Å². The summed E-state index contributed by atoms with van der Waals surface area (Å²) in [5.74, 6) is -0.503. The van der Waals surface area contributed by atoms with E-state index >= 15 is 0 Å². The van der Waals surface area contributed by atoms with Gasteiger partial charge in [0.25, 0.3) is 5.91 Å². The van der Waals surface area contributed by atoms with Gasteiger partial charge in [0, 0.05) is 27.0 Å². The monoisotopic (exact) mass is 592 g/mol. The van der Waals surface area contributed by atoms with Crippen LogP contribution in [0.4, 0.5) is 13.2 Å². The van der Waals surface area contributed by atoms with Crippen molar-refractivity contribution < 1.29 is 27.2 Å². The number of amides is 2. The zero-order valence-corrected chi connectivity index (χ0v) is 22.6. The second kappa shape index (κ2) is 11.1. The largest absolute Gasteiger partial charge is 0.467 e. The molecular weight excluding hydrogens is 572 g/mol. The van der Waals surface area contributed by atoms with Crippen molar-refractivity contribution in [3.05, 3.63) is 115 Å². The van der Waals surface area contributed by atoms with Gasteiger partial charge in [-0.1, -0.05) is 29.3 Å². The molecule has 1 aliphatic rings. The van der Waals surface area contributed by atoms with Gasteiger partial charge in [-0.15, -0.1) is 11.3 Å². The third kappa shape index (κ3) is 5.85. The fourth-order valence-electron chi connectivity index (χ4n) is 4.67. The van der Waals surface area contributed by atoms with E-state index in [2.05, 4.69) is 0 Å². The molecule has 1 atom stereocenters. The van der Waals surface area contributed by atoms with E-state index in [-0.39, 0.29) is 24.6 Å². The Labute approximate surface area is 236 Å².